The maximum atomic E-state index is 6.81. The molecule has 0 saturated heterocycles. The average Bonchev–Trinajstić information content (AvgIpc) is 3.48. The Balaban J connectivity index is 1.03. The lowest BCUT2D eigenvalue weighted by atomic mass is 9.92. The molecular formula is C53H40N2O2. The largest absolute Gasteiger partial charge is 0.470 e. The first-order valence-corrected chi connectivity index (χ1v) is 19.5. The molecule has 4 nitrogen and oxygen atoms in total. The van der Waals surface area contributed by atoms with Crippen molar-refractivity contribution in [1.29, 1.82) is 0 Å². The Kier molecular flexibility index (Phi) is 8.65. The number of ether oxygens (including phenoxy) is 1. The molecule has 0 saturated carbocycles. The van der Waals surface area contributed by atoms with Gasteiger partial charge in [-0.15, -0.1) is 0 Å². The molecule has 0 fully saturated rings. The zero-order valence-electron chi connectivity index (χ0n) is 31.6. The smallest absolute Gasteiger partial charge is 0.183 e. The molecule has 0 spiro atoms. The lowest BCUT2D eigenvalue weighted by Crippen LogP contribution is -2.34. The average molecular weight is 737 g/mol. The van der Waals surface area contributed by atoms with E-state index in [1.165, 1.54) is 22.3 Å². The summed E-state index contributed by atoms with van der Waals surface area (Å²) in [7, 11) is 0. The zero-order chi connectivity index (χ0) is 38.3. The lowest BCUT2D eigenvalue weighted by molar-refractivity contribution is 0.193. The molecule has 2 aliphatic rings. The van der Waals surface area contributed by atoms with E-state index in [9.17, 15) is 0 Å². The van der Waals surface area contributed by atoms with Crippen molar-refractivity contribution in [3.05, 3.63) is 223 Å². The maximum absolute atomic E-state index is 6.81. The molecule has 2 unspecified atom stereocenters. The molecule has 0 amide bonds. The fourth-order valence-electron chi connectivity index (χ4n) is 8.19. The summed E-state index contributed by atoms with van der Waals surface area (Å²) in [6.07, 6.45) is -0.234. The lowest BCUT2D eigenvalue weighted by Gasteiger charge is -2.30. The molecule has 2 atom stereocenters. The summed E-state index contributed by atoms with van der Waals surface area (Å²) in [6, 6.07) is 70.0. The molecule has 0 aliphatic carbocycles. The third-order valence-corrected chi connectivity index (χ3v) is 11.2. The van der Waals surface area contributed by atoms with Gasteiger partial charge in [0.2, 0.25) is 0 Å². The van der Waals surface area contributed by atoms with Gasteiger partial charge in [0.15, 0.2) is 12.0 Å². The van der Waals surface area contributed by atoms with Crippen molar-refractivity contribution in [2.75, 3.05) is 9.96 Å². The number of fused-ring (bicyclic) bond motifs is 3. The summed E-state index contributed by atoms with van der Waals surface area (Å²) in [5, 5.41) is 1.93. The molecule has 0 radical (unpaired) electrons. The van der Waals surface area contributed by atoms with Crippen molar-refractivity contribution in [2.45, 2.75) is 19.1 Å². The highest BCUT2D eigenvalue weighted by atomic mass is 16.7. The number of hydrogen-bond acceptors (Lipinski definition) is 4. The third-order valence-electron chi connectivity index (χ3n) is 11.2. The molecule has 4 heteroatoms. The fraction of sp³-hybridized carbons (Fsp3) is 0.0566. The Morgan fingerprint density at radius 2 is 0.982 bits per heavy atom. The van der Waals surface area contributed by atoms with Gasteiger partial charge < -0.3 is 14.5 Å². The van der Waals surface area contributed by atoms with Gasteiger partial charge in [-0.3, -0.25) is 0 Å². The van der Waals surface area contributed by atoms with Crippen LogP contribution in [0, 0.1) is 0 Å². The quantitative estimate of drug-likeness (QED) is 0.163. The van der Waals surface area contributed by atoms with Gasteiger partial charge in [0, 0.05) is 28.4 Å². The Morgan fingerprint density at radius 1 is 0.474 bits per heavy atom. The monoisotopic (exact) mass is 736 g/mol. The van der Waals surface area contributed by atoms with Crippen molar-refractivity contribution < 1.29 is 9.57 Å². The number of hydrogen-bond donors (Lipinski definition) is 0. The second kappa shape index (κ2) is 14.4. The zero-order valence-corrected chi connectivity index (χ0v) is 31.6. The van der Waals surface area contributed by atoms with E-state index < -0.39 is 0 Å². The van der Waals surface area contributed by atoms with Crippen LogP contribution >= 0.6 is 0 Å². The highest BCUT2D eigenvalue weighted by Gasteiger charge is 2.39. The molecule has 10 rings (SSSR count). The van der Waals surface area contributed by atoms with Crippen LogP contribution in [0.3, 0.4) is 0 Å². The molecule has 8 aromatic carbocycles. The van der Waals surface area contributed by atoms with Gasteiger partial charge in [-0.05, 0) is 111 Å². The van der Waals surface area contributed by atoms with Crippen LogP contribution in [0.2, 0.25) is 0 Å². The summed E-state index contributed by atoms with van der Waals surface area (Å²) in [5.74, 6) is 1.69. The van der Waals surface area contributed by atoms with E-state index >= 15 is 0 Å². The normalized spacial score (nSPS) is 15.6. The van der Waals surface area contributed by atoms with Gasteiger partial charge in [0.1, 0.15) is 5.75 Å². The standard InChI is InChI=1S/C53H40N2O2/c1-36-47-20-12-13-21-52(47)57-55(45-30-24-41(25-31-45)39-16-8-4-9-17-39)51-33-27-43(34-48(36)51)42-26-32-50-49(35-42)37(2)53(56-46-18-10-5-11-19-46)54(50)44-28-22-40(23-29-44)38-14-6-3-7-15-38/h3-35,37,53H,1H2,2H3. The van der Waals surface area contributed by atoms with E-state index in [1.807, 2.05) is 59.7 Å². The van der Waals surface area contributed by atoms with E-state index in [4.69, 9.17) is 9.57 Å². The molecular weight excluding hydrogens is 697 g/mol. The van der Waals surface area contributed by atoms with E-state index in [1.54, 1.807) is 0 Å². The molecule has 0 bridgehead atoms. The molecule has 2 heterocycles. The first-order valence-electron chi connectivity index (χ1n) is 19.5. The van der Waals surface area contributed by atoms with Gasteiger partial charge in [0.25, 0.3) is 0 Å². The van der Waals surface area contributed by atoms with Gasteiger partial charge >= 0.3 is 0 Å². The second-order valence-corrected chi connectivity index (χ2v) is 14.7. The summed E-state index contributed by atoms with van der Waals surface area (Å²) in [4.78, 5) is 9.05. The first-order chi connectivity index (χ1) is 28.1. The van der Waals surface area contributed by atoms with Crippen LogP contribution in [-0.2, 0) is 0 Å². The minimum atomic E-state index is -0.234. The van der Waals surface area contributed by atoms with Crippen molar-refractivity contribution in [2.24, 2.45) is 0 Å². The number of nitrogens with zero attached hydrogens (tertiary/aromatic N) is 2. The fourth-order valence-corrected chi connectivity index (χ4v) is 8.19. The van der Waals surface area contributed by atoms with Gasteiger partial charge in [-0.25, -0.2) is 0 Å². The van der Waals surface area contributed by atoms with Gasteiger partial charge in [-0.2, -0.15) is 5.06 Å². The van der Waals surface area contributed by atoms with E-state index in [-0.39, 0.29) is 12.1 Å². The predicted octanol–water partition coefficient (Wildman–Crippen LogP) is 13.9. The number of para-hydroxylation sites is 2. The van der Waals surface area contributed by atoms with Crippen LogP contribution in [-0.4, -0.2) is 6.23 Å². The van der Waals surface area contributed by atoms with E-state index in [2.05, 4.69) is 164 Å². The van der Waals surface area contributed by atoms with Crippen LogP contribution in [0.4, 0.5) is 22.7 Å². The minimum Gasteiger partial charge on any atom is -0.470 e. The maximum Gasteiger partial charge on any atom is 0.183 e. The van der Waals surface area contributed by atoms with Crippen LogP contribution in [0.15, 0.2) is 207 Å². The van der Waals surface area contributed by atoms with Crippen molar-refractivity contribution >= 4 is 28.3 Å². The Labute approximate surface area is 334 Å². The predicted molar refractivity (Wildman–Crippen MR) is 234 cm³/mol. The highest BCUT2D eigenvalue weighted by Crippen LogP contribution is 2.49. The van der Waals surface area contributed by atoms with E-state index in [0.29, 0.717) is 0 Å². The van der Waals surface area contributed by atoms with Crippen molar-refractivity contribution in [3.8, 4) is 44.9 Å². The number of anilines is 4. The van der Waals surface area contributed by atoms with E-state index in [0.717, 1.165) is 67.6 Å². The SMILES string of the molecule is C=C1c2ccccc2ON(c2ccc(-c3ccccc3)cc2)c2ccc(-c3ccc4c(c3)C(C)C(Oc3ccccc3)N4c3ccc(-c4ccccc4)cc3)cc21. The molecule has 0 aromatic heterocycles. The number of rotatable bonds is 7. The second-order valence-electron chi connectivity index (χ2n) is 14.7. The van der Waals surface area contributed by atoms with Gasteiger partial charge in [-0.1, -0.05) is 147 Å². The summed E-state index contributed by atoms with van der Waals surface area (Å²) in [5.41, 5.74) is 15.2. The van der Waals surface area contributed by atoms with Crippen molar-refractivity contribution in [3.63, 3.8) is 0 Å². The van der Waals surface area contributed by atoms with Crippen molar-refractivity contribution in [1.82, 2.24) is 0 Å². The number of benzene rings is 8. The minimum absolute atomic E-state index is 0.0828. The van der Waals surface area contributed by atoms with Crippen LogP contribution in [0.5, 0.6) is 11.5 Å². The Hall–Kier alpha value is -7.30. The van der Waals surface area contributed by atoms with Crippen LogP contribution < -0.4 is 19.5 Å². The highest BCUT2D eigenvalue weighted by molar-refractivity contribution is 5.92. The molecule has 2 aliphatic heterocycles. The van der Waals surface area contributed by atoms with Gasteiger partial charge in [0.05, 0.1) is 11.4 Å². The molecule has 0 N–H and O–H groups in total. The molecule has 8 aromatic rings. The van der Waals surface area contributed by atoms with Crippen LogP contribution in [0.25, 0.3) is 39.0 Å². The summed E-state index contributed by atoms with van der Waals surface area (Å²) >= 11 is 0. The Bertz CT molecular complexity index is 2710. The summed E-state index contributed by atoms with van der Waals surface area (Å²) in [6.45, 7) is 6.90. The molecule has 274 valence electrons. The first kappa shape index (κ1) is 34.2. The molecule has 57 heavy (non-hydrogen) atoms. The Morgan fingerprint density at radius 3 is 1.63 bits per heavy atom. The topological polar surface area (TPSA) is 24.9 Å². The van der Waals surface area contributed by atoms with Crippen LogP contribution in [0.1, 0.15) is 29.5 Å². The third kappa shape index (κ3) is 6.31. The summed E-state index contributed by atoms with van der Waals surface area (Å²) < 4.78 is 6.81.